The van der Waals surface area contributed by atoms with Crippen molar-refractivity contribution in [2.75, 3.05) is 24.6 Å². The first-order valence-corrected chi connectivity index (χ1v) is 5.75. The SMILES string of the molecule is CNC(=O)C(C)(C)CNc1ccc(N)cc1Cl. The van der Waals surface area contributed by atoms with Gasteiger partial charge in [-0.2, -0.15) is 0 Å². The van der Waals surface area contributed by atoms with E-state index in [1.54, 1.807) is 25.2 Å². The van der Waals surface area contributed by atoms with Crippen LogP contribution in [-0.4, -0.2) is 19.5 Å². The van der Waals surface area contributed by atoms with E-state index in [0.717, 1.165) is 5.69 Å². The molecule has 0 saturated heterocycles. The van der Waals surface area contributed by atoms with Gasteiger partial charge in [0.05, 0.1) is 16.1 Å². The van der Waals surface area contributed by atoms with Crippen LogP contribution >= 0.6 is 11.6 Å². The maximum Gasteiger partial charge on any atom is 0.227 e. The predicted molar refractivity (Wildman–Crippen MR) is 72.2 cm³/mol. The Balaban J connectivity index is 2.70. The lowest BCUT2D eigenvalue weighted by atomic mass is 9.92. The summed E-state index contributed by atoms with van der Waals surface area (Å²) in [6, 6.07) is 5.25. The molecule has 1 aromatic carbocycles. The van der Waals surface area contributed by atoms with Crippen molar-refractivity contribution in [1.29, 1.82) is 0 Å². The number of hydrogen-bond donors (Lipinski definition) is 3. The molecule has 5 heteroatoms. The van der Waals surface area contributed by atoms with Crippen molar-refractivity contribution in [3.8, 4) is 0 Å². The van der Waals surface area contributed by atoms with Crippen LogP contribution in [0.5, 0.6) is 0 Å². The number of carbonyl (C=O) groups excluding carboxylic acids is 1. The number of nitrogen functional groups attached to an aromatic ring is 1. The van der Waals surface area contributed by atoms with Crippen LogP contribution in [0.15, 0.2) is 18.2 Å². The van der Waals surface area contributed by atoms with Gasteiger partial charge in [0.1, 0.15) is 0 Å². The number of hydrogen-bond acceptors (Lipinski definition) is 3. The maximum absolute atomic E-state index is 11.6. The lowest BCUT2D eigenvalue weighted by Crippen LogP contribution is -2.39. The minimum absolute atomic E-state index is 0.0171. The lowest BCUT2D eigenvalue weighted by molar-refractivity contribution is -0.128. The van der Waals surface area contributed by atoms with E-state index >= 15 is 0 Å². The summed E-state index contributed by atoms with van der Waals surface area (Å²) in [7, 11) is 1.63. The molecule has 0 unspecified atom stereocenters. The van der Waals surface area contributed by atoms with Gasteiger partial charge in [-0.15, -0.1) is 0 Å². The normalized spacial score (nSPS) is 11.1. The highest BCUT2D eigenvalue weighted by Crippen LogP contribution is 2.25. The van der Waals surface area contributed by atoms with Crippen LogP contribution < -0.4 is 16.4 Å². The fourth-order valence-electron chi connectivity index (χ4n) is 1.41. The van der Waals surface area contributed by atoms with Crippen molar-refractivity contribution in [3.05, 3.63) is 23.2 Å². The van der Waals surface area contributed by atoms with Crippen molar-refractivity contribution in [3.63, 3.8) is 0 Å². The molecule has 0 bridgehead atoms. The van der Waals surface area contributed by atoms with Gasteiger partial charge < -0.3 is 16.4 Å². The smallest absolute Gasteiger partial charge is 0.227 e. The van der Waals surface area contributed by atoms with Gasteiger partial charge in [0, 0.05) is 19.3 Å². The van der Waals surface area contributed by atoms with Crippen molar-refractivity contribution in [2.24, 2.45) is 5.41 Å². The molecular formula is C12H18ClN3O. The predicted octanol–water partition coefficient (Wildman–Crippen LogP) is 2.11. The maximum atomic E-state index is 11.6. The van der Waals surface area contributed by atoms with E-state index in [2.05, 4.69) is 10.6 Å². The summed E-state index contributed by atoms with van der Waals surface area (Å²) in [5.74, 6) is -0.0171. The summed E-state index contributed by atoms with van der Waals surface area (Å²) in [4.78, 5) is 11.6. The van der Waals surface area contributed by atoms with Gasteiger partial charge in [-0.05, 0) is 32.0 Å². The Bertz CT molecular complexity index is 418. The lowest BCUT2D eigenvalue weighted by Gasteiger charge is -2.23. The Kier molecular flexibility index (Phi) is 4.23. The largest absolute Gasteiger partial charge is 0.399 e. The molecule has 0 saturated carbocycles. The zero-order chi connectivity index (χ0) is 13.1. The molecule has 4 nitrogen and oxygen atoms in total. The molecule has 0 aromatic heterocycles. The Morgan fingerprint density at radius 2 is 2.12 bits per heavy atom. The fraction of sp³-hybridized carbons (Fsp3) is 0.417. The van der Waals surface area contributed by atoms with Crippen molar-refractivity contribution in [2.45, 2.75) is 13.8 Å². The Labute approximate surface area is 107 Å². The first-order chi connectivity index (χ1) is 7.86. The van der Waals surface area contributed by atoms with Crippen molar-refractivity contribution < 1.29 is 4.79 Å². The number of halogens is 1. The number of amides is 1. The molecule has 0 aliphatic carbocycles. The van der Waals surface area contributed by atoms with Gasteiger partial charge in [-0.1, -0.05) is 11.6 Å². The third kappa shape index (κ3) is 3.53. The van der Waals surface area contributed by atoms with E-state index in [-0.39, 0.29) is 5.91 Å². The molecule has 1 aromatic rings. The number of rotatable bonds is 4. The van der Waals surface area contributed by atoms with E-state index in [9.17, 15) is 4.79 Å². The Morgan fingerprint density at radius 3 is 2.65 bits per heavy atom. The Hall–Kier alpha value is -1.42. The van der Waals surface area contributed by atoms with Crippen molar-refractivity contribution in [1.82, 2.24) is 5.32 Å². The summed E-state index contributed by atoms with van der Waals surface area (Å²) in [6.45, 7) is 4.23. The Morgan fingerprint density at radius 1 is 1.47 bits per heavy atom. The number of nitrogens with one attached hydrogen (secondary N) is 2. The molecule has 17 heavy (non-hydrogen) atoms. The summed E-state index contributed by atoms with van der Waals surface area (Å²) >= 11 is 6.03. The van der Waals surface area contributed by atoms with Crippen LogP contribution in [0.2, 0.25) is 5.02 Å². The first kappa shape index (κ1) is 13.6. The second kappa shape index (κ2) is 5.27. The standard InChI is InChI=1S/C12H18ClN3O/c1-12(2,11(17)15-3)7-16-10-5-4-8(14)6-9(10)13/h4-6,16H,7,14H2,1-3H3,(H,15,17). The molecule has 0 heterocycles. The quantitative estimate of drug-likeness (QED) is 0.722. The van der Waals surface area contributed by atoms with Crippen LogP contribution in [0.3, 0.4) is 0 Å². The van der Waals surface area contributed by atoms with Crippen LogP contribution in [0.25, 0.3) is 0 Å². The molecule has 1 amide bonds. The second-order valence-corrected chi connectivity index (χ2v) is 4.96. The highest BCUT2D eigenvalue weighted by Gasteiger charge is 2.26. The number of benzene rings is 1. The van der Waals surface area contributed by atoms with Crippen LogP contribution in [-0.2, 0) is 4.79 Å². The second-order valence-electron chi connectivity index (χ2n) is 4.56. The van der Waals surface area contributed by atoms with Crippen LogP contribution in [0.1, 0.15) is 13.8 Å². The summed E-state index contributed by atoms with van der Waals surface area (Å²) < 4.78 is 0. The molecule has 0 fully saturated rings. The number of nitrogens with two attached hydrogens (primary N) is 1. The monoisotopic (exact) mass is 255 g/mol. The zero-order valence-corrected chi connectivity index (χ0v) is 11.1. The molecule has 0 radical (unpaired) electrons. The minimum atomic E-state index is -0.501. The third-order valence-electron chi connectivity index (χ3n) is 2.56. The highest BCUT2D eigenvalue weighted by molar-refractivity contribution is 6.33. The average Bonchev–Trinajstić information content (AvgIpc) is 2.26. The molecule has 0 aliphatic rings. The van der Waals surface area contributed by atoms with Gasteiger partial charge >= 0.3 is 0 Å². The topological polar surface area (TPSA) is 67.2 Å². The summed E-state index contributed by atoms with van der Waals surface area (Å²) in [5, 5.41) is 6.33. The van der Waals surface area contributed by atoms with Gasteiger partial charge in [0.2, 0.25) is 5.91 Å². The van der Waals surface area contributed by atoms with E-state index in [0.29, 0.717) is 17.3 Å². The van der Waals surface area contributed by atoms with E-state index in [1.807, 2.05) is 13.8 Å². The number of anilines is 2. The molecule has 4 N–H and O–H groups in total. The fourth-order valence-corrected chi connectivity index (χ4v) is 1.67. The van der Waals surface area contributed by atoms with E-state index < -0.39 is 5.41 Å². The van der Waals surface area contributed by atoms with Gasteiger partial charge in [0.25, 0.3) is 0 Å². The summed E-state index contributed by atoms with van der Waals surface area (Å²) in [6.07, 6.45) is 0. The van der Waals surface area contributed by atoms with Gasteiger partial charge in [-0.3, -0.25) is 4.79 Å². The van der Waals surface area contributed by atoms with Crippen LogP contribution in [0.4, 0.5) is 11.4 Å². The summed E-state index contributed by atoms with van der Waals surface area (Å²) in [5.41, 5.74) is 6.49. The van der Waals surface area contributed by atoms with Crippen LogP contribution in [0, 0.1) is 5.41 Å². The van der Waals surface area contributed by atoms with Crippen molar-refractivity contribution >= 4 is 28.9 Å². The number of carbonyl (C=O) groups is 1. The van der Waals surface area contributed by atoms with E-state index in [1.165, 1.54) is 0 Å². The average molecular weight is 256 g/mol. The van der Waals surface area contributed by atoms with Gasteiger partial charge in [-0.25, -0.2) is 0 Å². The molecule has 94 valence electrons. The minimum Gasteiger partial charge on any atom is -0.399 e. The zero-order valence-electron chi connectivity index (χ0n) is 10.3. The highest BCUT2D eigenvalue weighted by atomic mass is 35.5. The first-order valence-electron chi connectivity index (χ1n) is 5.38. The molecule has 0 spiro atoms. The van der Waals surface area contributed by atoms with E-state index in [4.69, 9.17) is 17.3 Å². The molecular weight excluding hydrogens is 238 g/mol. The molecule has 0 atom stereocenters. The third-order valence-corrected chi connectivity index (χ3v) is 2.87. The molecule has 1 rings (SSSR count). The molecule has 0 aliphatic heterocycles. The van der Waals surface area contributed by atoms with Gasteiger partial charge in [0.15, 0.2) is 0 Å².